The summed E-state index contributed by atoms with van der Waals surface area (Å²) < 4.78 is 0. The van der Waals surface area contributed by atoms with Crippen LogP contribution in [0.1, 0.15) is 19.3 Å². The molecule has 3 aliphatic rings. The summed E-state index contributed by atoms with van der Waals surface area (Å²) in [7, 11) is 0. The maximum atomic E-state index is 11.6. The quantitative estimate of drug-likeness (QED) is 0.585. The van der Waals surface area contributed by atoms with Gasteiger partial charge in [0, 0.05) is 0 Å². The van der Waals surface area contributed by atoms with E-state index >= 15 is 0 Å². The first kappa shape index (κ1) is 7.50. The summed E-state index contributed by atoms with van der Waals surface area (Å²) in [4.78, 5) is 24.5. The van der Waals surface area contributed by atoms with Crippen LogP contribution in [0.2, 0.25) is 0 Å². The molecule has 70 valence electrons. The first-order valence-corrected chi connectivity index (χ1v) is 4.68. The van der Waals surface area contributed by atoms with E-state index in [1.807, 2.05) is 0 Å². The van der Waals surface area contributed by atoms with E-state index in [9.17, 15) is 9.59 Å². The second-order valence-corrected chi connectivity index (χ2v) is 4.34. The fourth-order valence-electron chi connectivity index (χ4n) is 2.25. The van der Waals surface area contributed by atoms with Gasteiger partial charge in [0.15, 0.2) is 0 Å². The molecular formula is C9H11NO3. The number of rotatable bonds is 2. The molecule has 1 saturated heterocycles. The predicted molar refractivity (Wildman–Crippen MR) is 42.5 cm³/mol. The van der Waals surface area contributed by atoms with Gasteiger partial charge in [0.2, 0.25) is 11.8 Å². The molecule has 2 atom stereocenters. The van der Waals surface area contributed by atoms with Gasteiger partial charge in [-0.3, -0.25) is 14.5 Å². The SMILES string of the molecule is O=C1C2CC2C(=O)N1C1(CO)CC1. The first-order valence-electron chi connectivity index (χ1n) is 4.68. The highest BCUT2D eigenvalue weighted by Crippen LogP contribution is 2.54. The highest BCUT2D eigenvalue weighted by atomic mass is 16.3. The topological polar surface area (TPSA) is 57.6 Å². The molecular weight excluding hydrogens is 170 g/mol. The molecule has 0 radical (unpaired) electrons. The van der Waals surface area contributed by atoms with Crippen molar-refractivity contribution in [1.29, 1.82) is 0 Å². The van der Waals surface area contributed by atoms with Crippen LogP contribution in [0.5, 0.6) is 0 Å². The van der Waals surface area contributed by atoms with Crippen LogP contribution >= 0.6 is 0 Å². The molecule has 2 unspecified atom stereocenters. The van der Waals surface area contributed by atoms with Crippen molar-refractivity contribution in [2.75, 3.05) is 6.61 Å². The van der Waals surface area contributed by atoms with Crippen LogP contribution in [0, 0.1) is 11.8 Å². The highest BCUT2D eigenvalue weighted by Gasteiger charge is 2.66. The minimum absolute atomic E-state index is 0.0310. The molecule has 0 bridgehead atoms. The van der Waals surface area contributed by atoms with E-state index in [2.05, 4.69) is 0 Å². The van der Waals surface area contributed by atoms with Crippen molar-refractivity contribution >= 4 is 11.8 Å². The minimum Gasteiger partial charge on any atom is -0.394 e. The van der Waals surface area contributed by atoms with Gasteiger partial charge in [-0.15, -0.1) is 0 Å². The molecule has 0 spiro atoms. The van der Waals surface area contributed by atoms with Gasteiger partial charge in [0.1, 0.15) is 0 Å². The molecule has 4 heteroatoms. The number of aliphatic hydroxyl groups is 1. The van der Waals surface area contributed by atoms with E-state index in [0.29, 0.717) is 0 Å². The van der Waals surface area contributed by atoms with Gasteiger partial charge in [-0.2, -0.15) is 0 Å². The average Bonchev–Trinajstić information content (AvgIpc) is 2.99. The molecule has 2 saturated carbocycles. The summed E-state index contributed by atoms with van der Waals surface area (Å²) in [6, 6.07) is 0. The number of nitrogens with zero attached hydrogens (tertiary/aromatic N) is 1. The highest BCUT2D eigenvalue weighted by molar-refractivity contribution is 6.09. The Morgan fingerprint density at radius 2 is 1.85 bits per heavy atom. The Bertz CT molecular complexity index is 288. The van der Waals surface area contributed by atoms with Crippen molar-refractivity contribution in [3.63, 3.8) is 0 Å². The molecule has 0 aromatic carbocycles. The van der Waals surface area contributed by atoms with Crippen LogP contribution in [0.25, 0.3) is 0 Å². The molecule has 1 heterocycles. The average molecular weight is 181 g/mol. The number of aliphatic hydroxyl groups excluding tert-OH is 1. The second-order valence-electron chi connectivity index (χ2n) is 4.34. The van der Waals surface area contributed by atoms with Crippen molar-refractivity contribution in [1.82, 2.24) is 4.90 Å². The van der Waals surface area contributed by atoms with Gasteiger partial charge >= 0.3 is 0 Å². The summed E-state index contributed by atoms with van der Waals surface area (Å²) in [5, 5.41) is 9.11. The molecule has 0 aromatic rings. The Kier molecular flexibility index (Phi) is 1.12. The van der Waals surface area contributed by atoms with Crippen LogP contribution in [0.4, 0.5) is 0 Å². The number of piperidine rings is 1. The van der Waals surface area contributed by atoms with Gasteiger partial charge < -0.3 is 5.11 Å². The molecule has 0 aromatic heterocycles. The van der Waals surface area contributed by atoms with Crippen LogP contribution in [0.3, 0.4) is 0 Å². The van der Waals surface area contributed by atoms with Crippen molar-refractivity contribution < 1.29 is 14.7 Å². The molecule has 3 rings (SSSR count). The Labute approximate surface area is 75.5 Å². The lowest BCUT2D eigenvalue weighted by Crippen LogP contribution is -2.46. The maximum Gasteiger partial charge on any atom is 0.233 e. The maximum absolute atomic E-state index is 11.6. The zero-order chi connectivity index (χ0) is 9.22. The summed E-state index contributed by atoms with van der Waals surface area (Å²) in [5.41, 5.74) is -0.485. The van der Waals surface area contributed by atoms with Crippen LogP contribution in [-0.2, 0) is 9.59 Å². The van der Waals surface area contributed by atoms with E-state index in [-0.39, 0.29) is 30.3 Å². The van der Waals surface area contributed by atoms with Gasteiger partial charge in [0.25, 0.3) is 0 Å². The second kappa shape index (κ2) is 1.95. The number of hydrogen-bond acceptors (Lipinski definition) is 3. The number of fused-ring (bicyclic) bond motifs is 1. The van der Waals surface area contributed by atoms with E-state index in [0.717, 1.165) is 19.3 Å². The number of likely N-dealkylation sites (tertiary alicyclic amines) is 1. The van der Waals surface area contributed by atoms with Gasteiger partial charge in [-0.05, 0) is 19.3 Å². The molecule has 4 nitrogen and oxygen atoms in total. The smallest absolute Gasteiger partial charge is 0.233 e. The Morgan fingerprint density at radius 3 is 2.23 bits per heavy atom. The Morgan fingerprint density at radius 1 is 1.31 bits per heavy atom. The monoisotopic (exact) mass is 181 g/mol. The standard InChI is InChI=1S/C9H11NO3/c11-4-9(1-2-9)10-7(12)5-3-6(5)8(10)13/h5-6,11H,1-4H2. The summed E-state index contributed by atoms with van der Waals surface area (Å²) in [5.74, 6) is -0.142. The first-order chi connectivity index (χ1) is 6.19. The van der Waals surface area contributed by atoms with E-state index < -0.39 is 5.54 Å². The van der Waals surface area contributed by atoms with Crippen molar-refractivity contribution in [3.8, 4) is 0 Å². The zero-order valence-electron chi connectivity index (χ0n) is 7.19. The van der Waals surface area contributed by atoms with Crippen molar-refractivity contribution in [2.24, 2.45) is 11.8 Å². The lowest BCUT2D eigenvalue weighted by molar-refractivity contribution is -0.146. The summed E-state index contributed by atoms with van der Waals surface area (Å²) >= 11 is 0. The van der Waals surface area contributed by atoms with Gasteiger partial charge in [0.05, 0.1) is 24.0 Å². The lowest BCUT2D eigenvalue weighted by atomic mass is 10.2. The largest absolute Gasteiger partial charge is 0.394 e. The predicted octanol–water partition coefficient (Wildman–Crippen LogP) is -0.484. The molecule has 2 amide bonds. The van der Waals surface area contributed by atoms with E-state index in [1.165, 1.54) is 4.90 Å². The number of carbonyl (C=O) groups is 2. The van der Waals surface area contributed by atoms with Crippen molar-refractivity contribution in [3.05, 3.63) is 0 Å². The van der Waals surface area contributed by atoms with Crippen molar-refractivity contribution in [2.45, 2.75) is 24.8 Å². The fraction of sp³-hybridized carbons (Fsp3) is 0.778. The normalized spacial score (nSPS) is 39.3. The number of carbonyl (C=O) groups excluding carboxylic acids is 2. The third-order valence-electron chi connectivity index (χ3n) is 3.46. The Hall–Kier alpha value is -0.900. The van der Waals surface area contributed by atoms with Gasteiger partial charge in [-0.25, -0.2) is 0 Å². The van der Waals surface area contributed by atoms with Crippen LogP contribution < -0.4 is 0 Å². The zero-order valence-corrected chi connectivity index (χ0v) is 7.19. The Balaban J connectivity index is 1.92. The van der Waals surface area contributed by atoms with Crippen LogP contribution in [0.15, 0.2) is 0 Å². The number of imide groups is 1. The van der Waals surface area contributed by atoms with E-state index in [4.69, 9.17) is 5.11 Å². The summed E-state index contributed by atoms with van der Waals surface area (Å²) in [6.45, 7) is -0.0656. The lowest BCUT2D eigenvalue weighted by Gasteiger charge is -2.25. The molecule has 2 aliphatic carbocycles. The van der Waals surface area contributed by atoms with E-state index in [1.54, 1.807) is 0 Å². The third kappa shape index (κ3) is 0.746. The van der Waals surface area contributed by atoms with Crippen LogP contribution in [-0.4, -0.2) is 34.0 Å². The van der Waals surface area contributed by atoms with Gasteiger partial charge in [-0.1, -0.05) is 0 Å². The molecule has 13 heavy (non-hydrogen) atoms. The molecule has 1 N–H and O–H groups in total. The fourth-order valence-corrected chi connectivity index (χ4v) is 2.25. The third-order valence-corrected chi connectivity index (χ3v) is 3.46. The minimum atomic E-state index is -0.485. The number of hydrogen-bond donors (Lipinski definition) is 1. The molecule has 3 fully saturated rings. The summed E-state index contributed by atoms with van der Waals surface area (Å²) in [6.07, 6.45) is 2.30. The number of amides is 2. The molecule has 1 aliphatic heterocycles.